The quantitative estimate of drug-likeness (QED) is 0.528. The average molecular weight is 355 g/mol. The smallest absolute Gasteiger partial charge is 0.224 e. The molecule has 0 aliphatic heterocycles. The number of carbonyl (C=O) groups excluding carboxylic acids is 1. The molecule has 2 aromatic carbocycles. The Morgan fingerprint density at radius 3 is 2.89 bits per heavy atom. The van der Waals surface area contributed by atoms with Crippen LogP contribution in [0.2, 0.25) is 0 Å². The third kappa shape index (κ3) is 2.83. The second-order valence-electron chi connectivity index (χ2n) is 6.57. The molecule has 0 fully saturated rings. The average Bonchev–Trinajstić information content (AvgIpc) is 3.30. The van der Waals surface area contributed by atoms with Crippen LogP contribution in [0.25, 0.3) is 27.4 Å². The van der Waals surface area contributed by atoms with Crippen molar-refractivity contribution < 1.29 is 9.21 Å². The topological polar surface area (TPSA) is 59.5 Å². The molecule has 0 radical (unpaired) electrons. The summed E-state index contributed by atoms with van der Waals surface area (Å²) in [5.74, 6) is -0.0531. The first-order valence-corrected chi connectivity index (χ1v) is 8.85. The predicted octanol–water partition coefficient (Wildman–Crippen LogP) is 4.09. The minimum absolute atomic E-state index is 0.0531. The molecule has 27 heavy (non-hydrogen) atoms. The van der Waals surface area contributed by atoms with Crippen molar-refractivity contribution in [3.8, 4) is 0 Å². The second-order valence-corrected chi connectivity index (χ2v) is 6.57. The van der Waals surface area contributed by atoms with Gasteiger partial charge in [0.2, 0.25) is 5.91 Å². The molecule has 1 amide bonds. The molecule has 0 saturated carbocycles. The Morgan fingerprint density at radius 1 is 1.07 bits per heavy atom. The lowest BCUT2D eigenvalue weighted by molar-refractivity contribution is -0.120. The van der Waals surface area contributed by atoms with Crippen molar-refractivity contribution >= 4 is 33.3 Å². The summed E-state index contributed by atoms with van der Waals surface area (Å²) in [7, 11) is 0. The summed E-state index contributed by atoms with van der Waals surface area (Å²) in [6.07, 6.45) is 5.82. The van der Waals surface area contributed by atoms with Crippen molar-refractivity contribution in [2.24, 2.45) is 0 Å². The lowest BCUT2D eigenvalue weighted by Gasteiger charge is -2.04. The fourth-order valence-electron chi connectivity index (χ4n) is 3.50. The highest BCUT2D eigenvalue weighted by Crippen LogP contribution is 2.30. The maximum absolute atomic E-state index is 12.5. The molecule has 0 atom stereocenters. The van der Waals surface area contributed by atoms with Gasteiger partial charge in [0.05, 0.1) is 24.9 Å². The minimum Gasteiger partial charge on any atom is -0.464 e. The van der Waals surface area contributed by atoms with Crippen LogP contribution in [0.3, 0.4) is 0 Å². The number of hydrogen-bond donors (Lipinski definition) is 1. The van der Waals surface area contributed by atoms with Crippen LogP contribution in [0.1, 0.15) is 11.3 Å². The Bertz CT molecular complexity index is 1250. The van der Waals surface area contributed by atoms with E-state index >= 15 is 0 Å². The third-order valence-electron chi connectivity index (χ3n) is 4.77. The van der Waals surface area contributed by atoms with Crippen molar-refractivity contribution in [1.29, 1.82) is 0 Å². The number of nitrogens with one attached hydrogen (secondary N) is 1. The number of aromatic nitrogens is 2. The highest BCUT2D eigenvalue weighted by molar-refractivity contribution is 6.08. The number of benzene rings is 2. The third-order valence-corrected chi connectivity index (χ3v) is 4.77. The van der Waals surface area contributed by atoms with Crippen LogP contribution >= 0.6 is 0 Å². The van der Waals surface area contributed by atoms with Gasteiger partial charge in [-0.25, -0.2) is 4.98 Å². The Balaban J connectivity index is 1.37. The van der Waals surface area contributed by atoms with Crippen molar-refractivity contribution in [3.05, 3.63) is 84.5 Å². The summed E-state index contributed by atoms with van der Waals surface area (Å²) in [5, 5.41) is 6.21. The molecular weight excluding hydrogens is 338 g/mol. The summed E-state index contributed by atoms with van der Waals surface area (Å²) in [4.78, 5) is 17.0. The van der Waals surface area contributed by atoms with Gasteiger partial charge in [-0.2, -0.15) is 0 Å². The zero-order chi connectivity index (χ0) is 18.2. The SMILES string of the molecule is O=C(Cc1coc2ccc3ccccc3c12)NCc1cn2ccccc2n1. The van der Waals surface area contributed by atoms with Crippen LogP contribution in [-0.2, 0) is 17.8 Å². The molecule has 0 saturated heterocycles. The molecule has 132 valence electrons. The van der Waals surface area contributed by atoms with Crippen LogP contribution in [0.15, 0.2) is 77.7 Å². The first-order chi connectivity index (χ1) is 13.3. The van der Waals surface area contributed by atoms with E-state index in [0.29, 0.717) is 6.54 Å². The molecular formula is C22H17N3O2. The fraction of sp³-hybridized carbons (Fsp3) is 0.0909. The van der Waals surface area contributed by atoms with E-state index in [1.165, 1.54) is 0 Å². The molecule has 0 spiro atoms. The van der Waals surface area contributed by atoms with Crippen molar-refractivity contribution in [3.63, 3.8) is 0 Å². The summed E-state index contributed by atoms with van der Waals surface area (Å²) in [6, 6.07) is 18.0. The Labute approximate surface area is 155 Å². The molecule has 0 unspecified atom stereocenters. The van der Waals surface area contributed by atoms with Gasteiger partial charge in [0, 0.05) is 23.3 Å². The first kappa shape index (κ1) is 15.6. The van der Waals surface area contributed by atoms with Gasteiger partial charge >= 0.3 is 0 Å². The number of fused-ring (bicyclic) bond motifs is 4. The molecule has 3 aromatic heterocycles. The zero-order valence-electron chi connectivity index (χ0n) is 14.6. The van der Waals surface area contributed by atoms with Gasteiger partial charge in [-0.05, 0) is 29.0 Å². The predicted molar refractivity (Wildman–Crippen MR) is 104 cm³/mol. The van der Waals surface area contributed by atoms with Gasteiger partial charge in [-0.3, -0.25) is 4.79 Å². The maximum Gasteiger partial charge on any atom is 0.224 e. The van der Waals surface area contributed by atoms with E-state index in [2.05, 4.69) is 22.4 Å². The molecule has 0 aliphatic rings. The Morgan fingerprint density at radius 2 is 1.96 bits per heavy atom. The van der Waals surface area contributed by atoms with Crippen LogP contribution < -0.4 is 5.32 Å². The number of carbonyl (C=O) groups is 1. The molecule has 5 nitrogen and oxygen atoms in total. The highest BCUT2D eigenvalue weighted by atomic mass is 16.3. The zero-order valence-corrected chi connectivity index (χ0v) is 14.6. The number of imidazole rings is 1. The van der Waals surface area contributed by atoms with Gasteiger partial charge in [0.1, 0.15) is 11.2 Å². The number of amides is 1. The van der Waals surface area contributed by atoms with Crippen molar-refractivity contribution in [2.75, 3.05) is 0 Å². The fourth-order valence-corrected chi connectivity index (χ4v) is 3.50. The number of hydrogen-bond acceptors (Lipinski definition) is 3. The van der Waals surface area contributed by atoms with E-state index in [4.69, 9.17) is 4.42 Å². The largest absolute Gasteiger partial charge is 0.464 e. The standard InChI is InChI=1S/C22H17N3O2/c26-21(23-12-17-13-25-10-4-3-7-20(25)24-17)11-16-14-27-19-9-8-15-5-1-2-6-18(15)22(16)19/h1-10,13-14H,11-12H2,(H,23,26). The van der Waals surface area contributed by atoms with Gasteiger partial charge in [-0.15, -0.1) is 0 Å². The van der Waals surface area contributed by atoms with Gasteiger partial charge in [0.15, 0.2) is 0 Å². The lowest BCUT2D eigenvalue weighted by atomic mass is 10.0. The molecule has 0 bridgehead atoms. The van der Waals surface area contributed by atoms with Crippen LogP contribution in [0, 0.1) is 0 Å². The van der Waals surface area contributed by atoms with E-state index in [9.17, 15) is 4.79 Å². The monoisotopic (exact) mass is 355 g/mol. The van der Waals surface area contributed by atoms with E-state index in [1.54, 1.807) is 6.26 Å². The minimum atomic E-state index is -0.0531. The normalized spacial score (nSPS) is 11.4. The summed E-state index contributed by atoms with van der Waals surface area (Å²) >= 11 is 0. The van der Waals surface area contributed by atoms with Gasteiger partial charge in [-0.1, -0.05) is 36.4 Å². The Kier molecular flexibility index (Phi) is 3.64. The van der Waals surface area contributed by atoms with Crippen molar-refractivity contribution in [1.82, 2.24) is 14.7 Å². The van der Waals surface area contributed by atoms with Crippen molar-refractivity contribution in [2.45, 2.75) is 13.0 Å². The lowest BCUT2D eigenvalue weighted by Crippen LogP contribution is -2.24. The van der Waals surface area contributed by atoms with E-state index < -0.39 is 0 Å². The van der Waals surface area contributed by atoms with E-state index in [-0.39, 0.29) is 12.3 Å². The van der Waals surface area contributed by atoms with Crippen LogP contribution in [0.5, 0.6) is 0 Å². The maximum atomic E-state index is 12.5. The Hall–Kier alpha value is -3.60. The number of rotatable bonds is 4. The molecule has 0 aliphatic carbocycles. The van der Waals surface area contributed by atoms with E-state index in [0.717, 1.165) is 38.6 Å². The molecule has 5 heteroatoms. The molecule has 5 aromatic rings. The second kappa shape index (κ2) is 6.29. The number of pyridine rings is 1. The highest BCUT2D eigenvalue weighted by Gasteiger charge is 2.13. The summed E-state index contributed by atoms with van der Waals surface area (Å²) in [5.41, 5.74) is 3.40. The number of nitrogens with zero attached hydrogens (tertiary/aromatic N) is 2. The molecule has 1 N–H and O–H groups in total. The summed E-state index contributed by atoms with van der Waals surface area (Å²) < 4.78 is 7.61. The van der Waals surface area contributed by atoms with Gasteiger partial charge in [0.25, 0.3) is 0 Å². The van der Waals surface area contributed by atoms with Crippen LogP contribution in [-0.4, -0.2) is 15.3 Å². The van der Waals surface area contributed by atoms with E-state index in [1.807, 2.05) is 59.3 Å². The molecule has 3 heterocycles. The summed E-state index contributed by atoms with van der Waals surface area (Å²) in [6.45, 7) is 0.400. The van der Waals surface area contributed by atoms with Gasteiger partial charge < -0.3 is 14.1 Å². The first-order valence-electron chi connectivity index (χ1n) is 8.85. The van der Waals surface area contributed by atoms with Crippen LogP contribution in [0.4, 0.5) is 0 Å². The number of furan rings is 1. The molecule has 5 rings (SSSR count).